The molecule has 5 rings (SSSR count). The topological polar surface area (TPSA) is 108 Å². The van der Waals surface area contributed by atoms with Gasteiger partial charge in [0.25, 0.3) is 11.8 Å². The van der Waals surface area contributed by atoms with Gasteiger partial charge in [0.1, 0.15) is 17.6 Å². The predicted molar refractivity (Wildman–Crippen MR) is 128 cm³/mol. The molecule has 4 heterocycles. The molecule has 1 unspecified atom stereocenters. The highest BCUT2D eigenvalue weighted by Crippen LogP contribution is 2.35. The van der Waals surface area contributed by atoms with Crippen molar-refractivity contribution in [1.82, 2.24) is 19.9 Å². The van der Waals surface area contributed by atoms with Crippen LogP contribution in [-0.4, -0.2) is 71.4 Å². The molecule has 2 aromatic heterocycles. The standard InChI is InChI=1S/C24H27N7O3/c1-4-25-24-26-12-18-20(28-24)30-10-6-9-17(30)13-31(22(18)32)16-8-5-7-15(11-16)21-27-19(14-34-21)23(33)29(2)3/h5,7-8,11-12,14,17H,4,6,9-10,13H2,1-3H3,(H,25,26,28). The summed E-state index contributed by atoms with van der Waals surface area (Å²) in [4.78, 5) is 44.7. The van der Waals surface area contributed by atoms with E-state index in [-0.39, 0.29) is 23.6 Å². The van der Waals surface area contributed by atoms with E-state index in [0.29, 0.717) is 41.9 Å². The first-order valence-electron chi connectivity index (χ1n) is 11.4. The van der Waals surface area contributed by atoms with E-state index in [1.54, 1.807) is 25.2 Å². The van der Waals surface area contributed by atoms with Crippen molar-refractivity contribution in [3.8, 4) is 11.5 Å². The molecule has 1 atom stereocenters. The molecule has 0 aliphatic carbocycles. The highest BCUT2D eigenvalue weighted by atomic mass is 16.3. The van der Waals surface area contributed by atoms with E-state index < -0.39 is 0 Å². The maximum Gasteiger partial charge on any atom is 0.275 e. The second-order valence-corrected chi connectivity index (χ2v) is 8.65. The molecule has 1 N–H and O–H groups in total. The van der Waals surface area contributed by atoms with Crippen LogP contribution in [0.4, 0.5) is 17.5 Å². The zero-order valence-corrected chi connectivity index (χ0v) is 19.5. The number of amides is 2. The molecule has 10 heteroatoms. The van der Waals surface area contributed by atoms with Gasteiger partial charge in [-0.15, -0.1) is 0 Å². The largest absolute Gasteiger partial charge is 0.444 e. The molecule has 1 saturated heterocycles. The first-order chi connectivity index (χ1) is 16.5. The summed E-state index contributed by atoms with van der Waals surface area (Å²) < 4.78 is 5.58. The van der Waals surface area contributed by atoms with Crippen molar-refractivity contribution in [2.75, 3.05) is 48.8 Å². The minimum Gasteiger partial charge on any atom is -0.444 e. The molecular weight excluding hydrogens is 434 g/mol. The number of rotatable bonds is 5. The van der Waals surface area contributed by atoms with Gasteiger partial charge >= 0.3 is 0 Å². The van der Waals surface area contributed by atoms with Crippen molar-refractivity contribution in [2.24, 2.45) is 0 Å². The van der Waals surface area contributed by atoms with E-state index >= 15 is 0 Å². The maximum absolute atomic E-state index is 13.7. The van der Waals surface area contributed by atoms with Crippen LogP contribution < -0.4 is 15.1 Å². The van der Waals surface area contributed by atoms with Crippen LogP contribution >= 0.6 is 0 Å². The summed E-state index contributed by atoms with van der Waals surface area (Å²) >= 11 is 0. The number of fused-ring (bicyclic) bond motifs is 3. The molecule has 10 nitrogen and oxygen atoms in total. The van der Waals surface area contributed by atoms with E-state index in [1.165, 1.54) is 11.2 Å². The minimum absolute atomic E-state index is 0.138. The Morgan fingerprint density at radius 1 is 1.29 bits per heavy atom. The van der Waals surface area contributed by atoms with Gasteiger partial charge in [-0.05, 0) is 38.0 Å². The summed E-state index contributed by atoms with van der Waals surface area (Å²) in [6.45, 7) is 4.10. The Hall–Kier alpha value is -3.95. The second-order valence-electron chi connectivity index (χ2n) is 8.65. The fraction of sp³-hybridized carbons (Fsp3) is 0.375. The van der Waals surface area contributed by atoms with Gasteiger partial charge in [0, 0.05) is 57.2 Å². The highest BCUT2D eigenvalue weighted by Gasteiger charge is 2.37. The summed E-state index contributed by atoms with van der Waals surface area (Å²) in [6.07, 6.45) is 5.01. The monoisotopic (exact) mass is 461 g/mol. The van der Waals surface area contributed by atoms with Gasteiger partial charge in [0.2, 0.25) is 11.8 Å². The fourth-order valence-corrected chi connectivity index (χ4v) is 4.49. The molecule has 0 spiro atoms. The average Bonchev–Trinajstić information content (AvgIpc) is 3.50. The van der Waals surface area contributed by atoms with Crippen molar-refractivity contribution in [3.63, 3.8) is 0 Å². The minimum atomic E-state index is -0.233. The first-order valence-corrected chi connectivity index (χ1v) is 11.4. The summed E-state index contributed by atoms with van der Waals surface area (Å²) in [5.74, 6) is 1.18. The summed E-state index contributed by atoms with van der Waals surface area (Å²) in [5, 5.41) is 3.14. The van der Waals surface area contributed by atoms with E-state index in [0.717, 1.165) is 25.1 Å². The fourth-order valence-electron chi connectivity index (χ4n) is 4.49. The molecule has 176 valence electrons. The number of nitrogens with zero attached hydrogens (tertiary/aromatic N) is 6. The number of benzene rings is 1. The van der Waals surface area contributed by atoms with Gasteiger partial charge in [0.05, 0.1) is 0 Å². The molecule has 0 radical (unpaired) electrons. The number of carbonyl (C=O) groups excluding carboxylic acids is 2. The third kappa shape index (κ3) is 3.85. The van der Waals surface area contributed by atoms with Crippen molar-refractivity contribution in [2.45, 2.75) is 25.8 Å². The molecular formula is C24H27N7O3. The van der Waals surface area contributed by atoms with Crippen molar-refractivity contribution in [1.29, 1.82) is 0 Å². The number of oxazole rings is 1. The molecule has 2 aliphatic rings. The van der Waals surface area contributed by atoms with Crippen LogP contribution in [0, 0.1) is 0 Å². The lowest BCUT2D eigenvalue weighted by atomic mass is 10.1. The van der Waals surface area contributed by atoms with Crippen LogP contribution in [0.2, 0.25) is 0 Å². The molecule has 3 aromatic rings. The number of aromatic nitrogens is 3. The lowest BCUT2D eigenvalue weighted by Crippen LogP contribution is -2.39. The normalized spacial score (nSPS) is 17.3. The van der Waals surface area contributed by atoms with Crippen LogP contribution in [0.15, 0.2) is 41.1 Å². The van der Waals surface area contributed by atoms with Crippen molar-refractivity contribution >= 4 is 29.3 Å². The molecule has 1 aromatic carbocycles. The molecule has 34 heavy (non-hydrogen) atoms. The van der Waals surface area contributed by atoms with Crippen molar-refractivity contribution < 1.29 is 14.0 Å². The Bertz CT molecular complexity index is 1240. The SMILES string of the molecule is CCNc1ncc2c(n1)N1CCCC1CN(c1cccc(-c3nc(C(=O)N(C)C)co3)c1)C2=O. The number of carbonyl (C=O) groups is 2. The van der Waals surface area contributed by atoms with Gasteiger partial charge in [-0.3, -0.25) is 9.59 Å². The van der Waals surface area contributed by atoms with Crippen LogP contribution in [0.5, 0.6) is 0 Å². The van der Waals surface area contributed by atoms with Crippen LogP contribution in [0.1, 0.15) is 40.6 Å². The zero-order valence-electron chi connectivity index (χ0n) is 19.5. The maximum atomic E-state index is 13.7. The molecule has 0 saturated carbocycles. The lowest BCUT2D eigenvalue weighted by Gasteiger charge is -2.27. The van der Waals surface area contributed by atoms with Crippen LogP contribution in [-0.2, 0) is 0 Å². The Balaban J connectivity index is 1.51. The van der Waals surface area contributed by atoms with Gasteiger partial charge in [-0.25, -0.2) is 9.97 Å². The lowest BCUT2D eigenvalue weighted by molar-refractivity contribution is 0.0821. The first kappa shape index (κ1) is 21.9. The van der Waals surface area contributed by atoms with E-state index in [1.807, 2.05) is 31.2 Å². The van der Waals surface area contributed by atoms with E-state index in [9.17, 15) is 9.59 Å². The van der Waals surface area contributed by atoms with Crippen LogP contribution in [0.25, 0.3) is 11.5 Å². The summed E-state index contributed by atoms with van der Waals surface area (Å²) in [6, 6.07) is 7.64. The van der Waals surface area contributed by atoms with E-state index in [2.05, 4.69) is 25.2 Å². The highest BCUT2D eigenvalue weighted by molar-refractivity contribution is 6.10. The Morgan fingerprint density at radius 3 is 2.94 bits per heavy atom. The molecule has 2 aliphatic heterocycles. The van der Waals surface area contributed by atoms with Crippen LogP contribution in [0.3, 0.4) is 0 Å². The van der Waals surface area contributed by atoms with Gasteiger partial charge in [0.15, 0.2) is 5.69 Å². The van der Waals surface area contributed by atoms with E-state index in [4.69, 9.17) is 4.42 Å². The molecule has 0 bridgehead atoms. The van der Waals surface area contributed by atoms with Crippen molar-refractivity contribution in [3.05, 3.63) is 48.0 Å². The third-order valence-corrected chi connectivity index (χ3v) is 6.16. The smallest absolute Gasteiger partial charge is 0.275 e. The zero-order chi connectivity index (χ0) is 23.8. The van der Waals surface area contributed by atoms with Gasteiger partial charge < -0.3 is 24.4 Å². The number of anilines is 3. The molecule has 2 amide bonds. The third-order valence-electron chi connectivity index (χ3n) is 6.16. The quantitative estimate of drug-likeness (QED) is 0.618. The number of nitrogens with one attached hydrogen (secondary N) is 1. The predicted octanol–water partition coefficient (Wildman–Crippen LogP) is 2.89. The Morgan fingerprint density at radius 2 is 2.15 bits per heavy atom. The number of hydrogen-bond acceptors (Lipinski definition) is 8. The van der Waals surface area contributed by atoms with Gasteiger partial charge in [-0.1, -0.05) is 6.07 Å². The van der Waals surface area contributed by atoms with Gasteiger partial charge in [-0.2, -0.15) is 4.98 Å². The molecule has 1 fully saturated rings. The Labute approximate surface area is 197 Å². The second kappa shape index (κ2) is 8.77. The summed E-state index contributed by atoms with van der Waals surface area (Å²) in [7, 11) is 3.33. The average molecular weight is 462 g/mol. The number of hydrogen-bond donors (Lipinski definition) is 1. The summed E-state index contributed by atoms with van der Waals surface area (Å²) in [5.41, 5.74) is 2.15. The Kier molecular flexibility index (Phi) is 5.64.